The number of amides is 1. The number of aliphatic carboxylic acids is 1. The molecule has 1 amide bonds. The summed E-state index contributed by atoms with van der Waals surface area (Å²) < 4.78 is 13.0. The third kappa shape index (κ3) is 2.89. The van der Waals surface area contributed by atoms with Crippen LogP contribution in [0.1, 0.15) is 30.1 Å². The maximum Gasteiger partial charge on any atom is 0.306 e. The lowest BCUT2D eigenvalue weighted by molar-refractivity contribution is -0.143. The molecule has 1 saturated heterocycles. The number of hydrogen-bond acceptors (Lipinski definition) is 3. The Bertz CT molecular complexity index is 506. The van der Waals surface area contributed by atoms with Crippen LogP contribution in [0.25, 0.3) is 0 Å². The Hall–Kier alpha value is -1.98. The first-order valence-corrected chi connectivity index (χ1v) is 6.14. The van der Waals surface area contributed by atoms with Crippen LogP contribution in [0.4, 0.5) is 4.39 Å². The molecule has 1 fully saturated rings. The predicted molar refractivity (Wildman–Crippen MR) is 65.1 cm³/mol. The lowest BCUT2D eigenvalue weighted by Gasteiger charge is -2.36. The summed E-state index contributed by atoms with van der Waals surface area (Å²) in [7, 11) is 0. The van der Waals surface area contributed by atoms with Crippen molar-refractivity contribution in [2.45, 2.75) is 25.8 Å². The van der Waals surface area contributed by atoms with Crippen molar-refractivity contribution in [3.8, 4) is 0 Å². The van der Waals surface area contributed by atoms with E-state index >= 15 is 0 Å². The van der Waals surface area contributed by atoms with Gasteiger partial charge in [-0.25, -0.2) is 4.98 Å². The molecule has 2 heterocycles. The minimum Gasteiger partial charge on any atom is -0.481 e. The summed E-state index contributed by atoms with van der Waals surface area (Å²) in [5.74, 6) is -2.21. The predicted octanol–water partition coefficient (Wildman–Crippen LogP) is 1.55. The SMILES string of the molecule is CC1CC(C(=O)O)CCN1C(=O)c1ccnc(F)c1. The molecule has 1 aromatic heterocycles. The zero-order valence-electron chi connectivity index (χ0n) is 10.5. The quantitative estimate of drug-likeness (QED) is 0.824. The first-order chi connectivity index (χ1) is 8.99. The van der Waals surface area contributed by atoms with E-state index in [0.717, 1.165) is 6.07 Å². The number of halogens is 1. The maximum atomic E-state index is 13.0. The second-order valence-corrected chi connectivity index (χ2v) is 4.77. The molecule has 102 valence electrons. The summed E-state index contributed by atoms with van der Waals surface area (Å²) >= 11 is 0. The van der Waals surface area contributed by atoms with Gasteiger partial charge in [0.25, 0.3) is 5.91 Å². The van der Waals surface area contributed by atoms with Crippen LogP contribution < -0.4 is 0 Å². The van der Waals surface area contributed by atoms with E-state index in [0.29, 0.717) is 19.4 Å². The van der Waals surface area contributed by atoms with Crippen molar-refractivity contribution in [2.24, 2.45) is 5.92 Å². The lowest BCUT2D eigenvalue weighted by Crippen LogP contribution is -2.46. The minimum atomic E-state index is -0.825. The van der Waals surface area contributed by atoms with Gasteiger partial charge in [0.05, 0.1) is 5.92 Å². The van der Waals surface area contributed by atoms with Gasteiger partial charge in [-0.15, -0.1) is 0 Å². The fraction of sp³-hybridized carbons (Fsp3) is 0.462. The van der Waals surface area contributed by atoms with Gasteiger partial charge in [0.2, 0.25) is 5.95 Å². The van der Waals surface area contributed by atoms with E-state index in [1.807, 2.05) is 6.92 Å². The van der Waals surface area contributed by atoms with Crippen molar-refractivity contribution in [1.29, 1.82) is 0 Å². The molecule has 19 heavy (non-hydrogen) atoms. The zero-order valence-corrected chi connectivity index (χ0v) is 10.5. The Morgan fingerprint density at radius 3 is 2.84 bits per heavy atom. The van der Waals surface area contributed by atoms with Gasteiger partial charge in [-0.3, -0.25) is 9.59 Å². The fourth-order valence-electron chi connectivity index (χ4n) is 2.40. The second-order valence-electron chi connectivity index (χ2n) is 4.77. The standard InChI is InChI=1S/C13H15FN2O3/c1-8-6-10(13(18)19)3-5-16(8)12(17)9-2-4-15-11(14)7-9/h2,4,7-8,10H,3,5-6H2,1H3,(H,18,19). The van der Waals surface area contributed by atoms with Crippen LogP contribution >= 0.6 is 0 Å². The van der Waals surface area contributed by atoms with Crippen LogP contribution in [0.3, 0.4) is 0 Å². The molecule has 6 heteroatoms. The van der Waals surface area contributed by atoms with Crippen LogP contribution in [0.5, 0.6) is 0 Å². The Balaban J connectivity index is 2.11. The van der Waals surface area contributed by atoms with Crippen LogP contribution in [0.15, 0.2) is 18.3 Å². The average molecular weight is 266 g/mol. The number of aromatic nitrogens is 1. The van der Waals surface area contributed by atoms with Crippen molar-refractivity contribution >= 4 is 11.9 Å². The lowest BCUT2D eigenvalue weighted by atomic mass is 9.91. The molecular formula is C13H15FN2O3. The fourth-order valence-corrected chi connectivity index (χ4v) is 2.40. The topological polar surface area (TPSA) is 70.5 Å². The molecule has 0 aromatic carbocycles. The number of pyridine rings is 1. The monoisotopic (exact) mass is 266 g/mol. The number of piperidine rings is 1. The summed E-state index contributed by atoms with van der Waals surface area (Å²) in [5.41, 5.74) is 0.244. The zero-order chi connectivity index (χ0) is 14.0. The Morgan fingerprint density at radius 1 is 1.53 bits per heavy atom. The first-order valence-electron chi connectivity index (χ1n) is 6.14. The third-order valence-corrected chi connectivity index (χ3v) is 3.46. The number of carboxylic acids is 1. The van der Waals surface area contributed by atoms with Crippen LogP contribution in [-0.4, -0.2) is 39.5 Å². The molecular weight excluding hydrogens is 251 g/mol. The van der Waals surface area contributed by atoms with Crippen molar-refractivity contribution in [2.75, 3.05) is 6.54 Å². The molecule has 0 bridgehead atoms. The summed E-state index contributed by atoms with van der Waals surface area (Å²) in [5, 5.41) is 8.97. The maximum absolute atomic E-state index is 13.0. The average Bonchev–Trinajstić information content (AvgIpc) is 2.37. The van der Waals surface area contributed by atoms with Gasteiger partial charge in [-0.1, -0.05) is 0 Å². The number of nitrogens with zero attached hydrogens (tertiary/aromatic N) is 2. The molecule has 1 aliphatic rings. The van der Waals surface area contributed by atoms with Crippen LogP contribution in [0.2, 0.25) is 0 Å². The summed E-state index contributed by atoms with van der Waals surface area (Å²) in [6.07, 6.45) is 2.10. The van der Waals surface area contributed by atoms with E-state index in [9.17, 15) is 14.0 Å². The molecule has 2 atom stereocenters. The molecule has 0 spiro atoms. The van der Waals surface area contributed by atoms with Gasteiger partial charge in [0, 0.05) is 30.4 Å². The van der Waals surface area contributed by atoms with E-state index in [1.54, 1.807) is 4.90 Å². The Kier molecular flexibility index (Phi) is 3.78. The highest BCUT2D eigenvalue weighted by molar-refractivity contribution is 5.94. The minimum absolute atomic E-state index is 0.168. The number of carbonyl (C=O) groups is 2. The van der Waals surface area contributed by atoms with Gasteiger partial charge in [0.1, 0.15) is 0 Å². The van der Waals surface area contributed by atoms with Gasteiger partial charge < -0.3 is 10.0 Å². The third-order valence-electron chi connectivity index (χ3n) is 3.46. The Morgan fingerprint density at radius 2 is 2.26 bits per heavy atom. The van der Waals surface area contributed by atoms with Crippen LogP contribution in [0, 0.1) is 11.9 Å². The normalized spacial score (nSPS) is 23.2. The van der Waals surface area contributed by atoms with E-state index < -0.39 is 17.8 Å². The second kappa shape index (κ2) is 5.34. The van der Waals surface area contributed by atoms with E-state index in [4.69, 9.17) is 5.11 Å². The van der Waals surface area contributed by atoms with Crippen LogP contribution in [-0.2, 0) is 4.79 Å². The van der Waals surface area contributed by atoms with Gasteiger partial charge >= 0.3 is 5.97 Å². The summed E-state index contributed by atoms with van der Waals surface area (Å²) in [6, 6.07) is 2.39. The largest absolute Gasteiger partial charge is 0.481 e. The van der Waals surface area contributed by atoms with Gasteiger partial charge in [-0.05, 0) is 25.8 Å². The highest BCUT2D eigenvalue weighted by Crippen LogP contribution is 2.24. The molecule has 1 N–H and O–H groups in total. The van der Waals surface area contributed by atoms with Crippen molar-refractivity contribution in [3.05, 3.63) is 29.8 Å². The molecule has 0 radical (unpaired) electrons. The van der Waals surface area contributed by atoms with Crippen molar-refractivity contribution in [1.82, 2.24) is 9.88 Å². The highest BCUT2D eigenvalue weighted by atomic mass is 19.1. The van der Waals surface area contributed by atoms with E-state index in [2.05, 4.69) is 4.98 Å². The molecule has 1 aliphatic heterocycles. The molecule has 2 unspecified atom stereocenters. The number of carbonyl (C=O) groups excluding carboxylic acids is 1. The summed E-state index contributed by atoms with van der Waals surface area (Å²) in [6.45, 7) is 2.19. The summed E-state index contributed by atoms with van der Waals surface area (Å²) in [4.78, 5) is 28.2. The van der Waals surface area contributed by atoms with Crippen molar-refractivity contribution in [3.63, 3.8) is 0 Å². The number of likely N-dealkylation sites (tertiary alicyclic amines) is 1. The number of hydrogen-bond donors (Lipinski definition) is 1. The Labute approximate surface area is 110 Å². The van der Waals surface area contributed by atoms with E-state index in [1.165, 1.54) is 12.3 Å². The molecule has 5 nitrogen and oxygen atoms in total. The smallest absolute Gasteiger partial charge is 0.306 e. The van der Waals surface area contributed by atoms with E-state index in [-0.39, 0.29) is 17.5 Å². The van der Waals surface area contributed by atoms with Gasteiger partial charge in [0.15, 0.2) is 0 Å². The molecule has 0 saturated carbocycles. The van der Waals surface area contributed by atoms with Gasteiger partial charge in [-0.2, -0.15) is 4.39 Å². The highest BCUT2D eigenvalue weighted by Gasteiger charge is 2.32. The van der Waals surface area contributed by atoms with Crippen molar-refractivity contribution < 1.29 is 19.1 Å². The first kappa shape index (κ1) is 13.5. The molecule has 1 aromatic rings. The molecule has 0 aliphatic carbocycles. The molecule has 2 rings (SSSR count). The number of carboxylic acid groups (broad SMARTS) is 1. The number of rotatable bonds is 2.